The first kappa shape index (κ1) is 16.6. The summed E-state index contributed by atoms with van der Waals surface area (Å²) in [6.07, 6.45) is 0. The molecule has 1 N–H and O–H groups in total. The van der Waals surface area contributed by atoms with E-state index in [4.69, 9.17) is 5.11 Å². The minimum atomic E-state index is -0.825. The topological polar surface area (TPSA) is 58.4 Å². The van der Waals surface area contributed by atoms with E-state index < -0.39 is 5.97 Å². The van der Waals surface area contributed by atoms with Gasteiger partial charge in [0.2, 0.25) is 0 Å². The van der Waals surface area contributed by atoms with Crippen molar-refractivity contribution in [3.8, 4) is 0 Å². The molecule has 0 amide bonds. The van der Waals surface area contributed by atoms with E-state index in [1.54, 1.807) is 0 Å². The first-order valence-corrected chi connectivity index (χ1v) is 8.61. The molecule has 7 heteroatoms. The van der Waals surface area contributed by atoms with Gasteiger partial charge in [-0.1, -0.05) is 11.8 Å². The standard InChI is InChI=1S/C14H18IN3O2S/c1-9(17(2)3)7-18-12-5-4-10(15)6-11(12)16-14(18)21-8-13(19)20/h4-6,9H,7-8H2,1-3H3,(H,19,20). The van der Waals surface area contributed by atoms with Crippen LogP contribution in [0.1, 0.15) is 6.92 Å². The molecular formula is C14H18IN3O2S. The molecule has 0 radical (unpaired) electrons. The van der Waals surface area contributed by atoms with Crippen LogP contribution in [-0.4, -0.2) is 51.4 Å². The number of imidazole rings is 1. The summed E-state index contributed by atoms with van der Waals surface area (Å²) in [5, 5.41) is 9.65. The van der Waals surface area contributed by atoms with Crippen LogP contribution in [0, 0.1) is 3.57 Å². The lowest BCUT2D eigenvalue weighted by Crippen LogP contribution is -2.29. The second-order valence-corrected chi connectivity index (χ2v) is 7.32. The first-order valence-electron chi connectivity index (χ1n) is 6.55. The number of hydrogen-bond acceptors (Lipinski definition) is 4. The molecule has 114 valence electrons. The fourth-order valence-electron chi connectivity index (χ4n) is 1.92. The van der Waals surface area contributed by atoms with Crippen molar-refractivity contribution in [2.75, 3.05) is 19.8 Å². The number of hydrogen-bond donors (Lipinski definition) is 1. The highest BCUT2D eigenvalue weighted by Crippen LogP contribution is 2.26. The van der Waals surface area contributed by atoms with E-state index in [1.807, 2.05) is 26.2 Å². The summed E-state index contributed by atoms with van der Waals surface area (Å²) in [6, 6.07) is 6.47. The molecule has 0 fully saturated rings. The SMILES string of the molecule is CC(Cn1c(SCC(=O)O)nc2cc(I)ccc21)N(C)C. The molecule has 1 aromatic carbocycles. The van der Waals surface area contributed by atoms with Gasteiger partial charge in [0.15, 0.2) is 5.16 Å². The number of carboxylic acid groups (broad SMARTS) is 1. The predicted octanol–water partition coefficient (Wildman–Crippen LogP) is 2.77. The van der Waals surface area contributed by atoms with Crippen LogP contribution >= 0.6 is 34.4 Å². The van der Waals surface area contributed by atoms with Crippen LogP contribution in [0.5, 0.6) is 0 Å². The number of fused-ring (bicyclic) bond motifs is 1. The molecule has 0 saturated carbocycles. The number of carbonyl (C=O) groups is 1. The van der Waals surface area contributed by atoms with Gasteiger partial charge in [-0.2, -0.15) is 0 Å². The molecule has 2 rings (SSSR count). The number of carboxylic acids is 1. The lowest BCUT2D eigenvalue weighted by molar-refractivity contribution is -0.133. The molecule has 1 atom stereocenters. The second kappa shape index (κ2) is 6.97. The van der Waals surface area contributed by atoms with Crippen molar-refractivity contribution < 1.29 is 9.90 Å². The largest absolute Gasteiger partial charge is 0.481 e. The maximum Gasteiger partial charge on any atom is 0.313 e. The fraction of sp³-hybridized carbons (Fsp3) is 0.429. The van der Waals surface area contributed by atoms with E-state index in [2.05, 4.69) is 50.0 Å². The van der Waals surface area contributed by atoms with E-state index in [0.717, 1.165) is 26.3 Å². The second-order valence-electron chi connectivity index (χ2n) is 5.13. The van der Waals surface area contributed by atoms with Gasteiger partial charge in [-0.15, -0.1) is 0 Å². The van der Waals surface area contributed by atoms with Crippen molar-refractivity contribution in [1.82, 2.24) is 14.5 Å². The van der Waals surface area contributed by atoms with Crippen molar-refractivity contribution in [3.63, 3.8) is 0 Å². The number of rotatable bonds is 6. The molecule has 0 aliphatic heterocycles. The van der Waals surface area contributed by atoms with Gasteiger partial charge in [0.1, 0.15) is 0 Å². The minimum absolute atomic E-state index is 0.0246. The summed E-state index contributed by atoms with van der Waals surface area (Å²) in [5.74, 6) is -0.801. The zero-order chi connectivity index (χ0) is 15.6. The maximum atomic E-state index is 10.8. The maximum absolute atomic E-state index is 10.8. The van der Waals surface area contributed by atoms with Crippen molar-refractivity contribution >= 4 is 51.4 Å². The summed E-state index contributed by atoms with van der Waals surface area (Å²) < 4.78 is 3.24. The van der Waals surface area contributed by atoms with E-state index in [1.165, 1.54) is 11.8 Å². The first-order chi connectivity index (χ1) is 9.88. The van der Waals surface area contributed by atoms with Crippen LogP contribution in [0.2, 0.25) is 0 Å². The highest BCUT2D eigenvalue weighted by molar-refractivity contribution is 14.1. The number of thioether (sulfide) groups is 1. The number of nitrogens with zero attached hydrogens (tertiary/aromatic N) is 3. The summed E-state index contributed by atoms with van der Waals surface area (Å²) in [7, 11) is 4.08. The van der Waals surface area contributed by atoms with Crippen molar-refractivity contribution in [1.29, 1.82) is 0 Å². The van der Waals surface area contributed by atoms with Gasteiger partial charge in [-0.25, -0.2) is 4.98 Å². The van der Waals surface area contributed by atoms with E-state index in [-0.39, 0.29) is 5.75 Å². The highest BCUT2D eigenvalue weighted by atomic mass is 127. The third-order valence-corrected chi connectivity index (χ3v) is 4.96. The molecule has 0 bridgehead atoms. The zero-order valence-electron chi connectivity index (χ0n) is 12.2. The van der Waals surface area contributed by atoms with Gasteiger partial charge in [0.25, 0.3) is 0 Å². The number of halogens is 1. The molecule has 0 aliphatic rings. The van der Waals surface area contributed by atoms with Crippen LogP contribution in [-0.2, 0) is 11.3 Å². The lowest BCUT2D eigenvalue weighted by Gasteiger charge is -2.21. The summed E-state index contributed by atoms with van der Waals surface area (Å²) in [4.78, 5) is 17.6. The van der Waals surface area contributed by atoms with E-state index >= 15 is 0 Å². The molecule has 1 heterocycles. The van der Waals surface area contributed by atoms with Gasteiger partial charge in [-0.05, 0) is 61.8 Å². The van der Waals surface area contributed by atoms with Crippen LogP contribution < -0.4 is 0 Å². The minimum Gasteiger partial charge on any atom is -0.481 e. The summed E-state index contributed by atoms with van der Waals surface area (Å²) >= 11 is 3.53. The van der Waals surface area contributed by atoms with Crippen LogP contribution in [0.3, 0.4) is 0 Å². The Hall–Kier alpha value is -0.800. The molecule has 1 aromatic heterocycles. The Morgan fingerprint density at radius 3 is 2.86 bits per heavy atom. The van der Waals surface area contributed by atoms with Gasteiger partial charge in [-0.3, -0.25) is 4.79 Å². The van der Waals surface area contributed by atoms with Crippen molar-refractivity contribution in [2.45, 2.75) is 24.7 Å². The van der Waals surface area contributed by atoms with Crippen LogP contribution in [0.4, 0.5) is 0 Å². The average Bonchev–Trinajstić information content (AvgIpc) is 2.73. The Balaban J connectivity index is 2.41. The quantitative estimate of drug-likeness (QED) is 0.577. The Bertz CT molecular complexity index is 657. The lowest BCUT2D eigenvalue weighted by atomic mass is 10.3. The van der Waals surface area contributed by atoms with Gasteiger partial charge in [0, 0.05) is 16.2 Å². The number of benzene rings is 1. The smallest absolute Gasteiger partial charge is 0.313 e. The molecule has 0 spiro atoms. The monoisotopic (exact) mass is 419 g/mol. The van der Waals surface area contributed by atoms with Gasteiger partial charge in [0.05, 0.1) is 16.8 Å². The third kappa shape index (κ3) is 4.10. The average molecular weight is 419 g/mol. The van der Waals surface area contributed by atoms with Crippen LogP contribution in [0.25, 0.3) is 11.0 Å². The number of aromatic nitrogens is 2. The van der Waals surface area contributed by atoms with Crippen LogP contribution in [0.15, 0.2) is 23.4 Å². The highest BCUT2D eigenvalue weighted by Gasteiger charge is 2.16. The van der Waals surface area contributed by atoms with E-state index in [9.17, 15) is 4.79 Å². The molecule has 1 unspecified atom stereocenters. The Labute approximate surface area is 141 Å². The Kier molecular flexibility index (Phi) is 5.50. The number of likely N-dealkylation sites (N-methyl/N-ethyl adjacent to an activating group) is 1. The molecule has 21 heavy (non-hydrogen) atoms. The molecule has 2 aromatic rings. The molecule has 0 aliphatic carbocycles. The van der Waals surface area contributed by atoms with Crippen molar-refractivity contribution in [3.05, 3.63) is 21.8 Å². The third-order valence-electron chi connectivity index (χ3n) is 3.33. The zero-order valence-corrected chi connectivity index (χ0v) is 15.2. The normalized spacial score (nSPS) is 13.0. The fourth-order valence-corrected chi connectivity index (χ4v) is 3.14. The Morgan fingerprint density at radius 2 is 2.24 bits per heavy atom. The van der Waals surface area contributed by atoms with Gasteiger partial charge < -0.3 is 14.6 Å². The molecule has 5 nitrogen and oxygen atoms in total. The number of aliphatic carboxylic acids is 1. The predicted molar refractivity (Wildman–Crippen MR) is 94.0 cm³/mol. The van der Waals surface area contributed by atoms with E-state index in [0.29, 0.717) is 6.04 Å². The van der Waals surface area contributed by atoms with Gasteiger partial charge >= 0.3 is 5.97 Å². The molecular weight excluding hydrogens is 401 g/mol. The Morgan fingerprint density at radius 1 is 1.52 bits per heavy atom. The molecule has 0 saturated heterocycles. The summed E-state index contributed by atoms with van der Waals surface area (Å²) in [6.45, 7) is 2.93. The summed E-state index contributed by atoms with van der Waals surface area (Å²) in [5.41, 5.74) is 1.97. The van der Waals surface area contributed by atoms with Crippen molar-refractivity contribution in [2.24, 2.45) is 0 Å².